The van der Waals surface area contributed by atoms with Gasteiger partial charge in [-0.1, -0.05) is 40.9 Å². The van der Waals surface area contributed by atoms with Crippen LogP contribution in [0.1, 0.15) is 5.56 Å². The maximum absolute atomic E-state index is 12.1. The first-order valence-corrected chi connectivity index (χ1v) is 7.44. The second-order valence-corrected chi connectivity index (χ2v) is 5.78. The lowest BCUT2D eigenvalue weighted by molar-refractivity contribution is 0.481. The highest BCUT2D eigenvalue weighted by Gasteiger charge is 2.16. The Morgan fingerprint density at radius 3 is 2.35 bits per heavy atom. The van der Waals surface area contributed by atoms with E-state index in [0.717, 1.165) is 5.56 Å². The first kappa shape index (κ1) is 15.5. The van der Waals surface area contributed by atoms with E-state index in [0.29, 0.717) is 5.69 Å². The Kier molecular flexibility index (Phi) is 4.07. The minimum atomic E-state index is -0.602. The van der Waals surface area contributed by atoms with Crippen LogP contribution in [0.5, 0.6) is 5.75 Å². The van der Waals surface area contributed by atoms with E-state index in [9.17, 15) is 9.90 Å². The van der Waals surface area contributed by atoms with Gasteiger partial charge in [-0.3, -0.25) is 4.79 Å². The summed E-state index contributed by atoms with van der Waals surface area (Å²) in [5.41, 5.74) is 1.08. The standard InChI is InChI=1S/C16H11Cl2N3O2/c1-8-2-4-9(5-3-8)20-21-14-15(22)12-10(17)6-7-11(18)13(12)19-16(14)23/h2-7H,1H3,(H2,19,22,23). The van der Waals surface area contributed by atoms with Crippen molar-refractivity contribution in [2.24, 2.45) is 10.2 Å². The zero-order chi connectivity index (χ0) is 16.6. The van der Waals surface area contributed by atoms with Gasteiger partial charge in [0.1, 0.15) is 0 Å². The zero-order valence-electron chi connectivity index (χ0n) is 12.0. The van der Waals surface area contributed by atoms with Gasteiger partial charge in [0, 0.05) is 0 Å². The minimum Gasteiger partial charge on any atom is -0.505 e. The van der Waals surface area contributed by atoms with Crippen molar-refractivity contribution in [1.29, 1.82) is 0 Å². The van der Waals surface area contributed by atoms with Crippen molar-refractivity contribution in [2.75, 3.05) is 0 Å². The van der Waals surface area contributed by atoms with Gasteiger partial charge < -0.3 is 10.1 Å². The molecule has 0 aliphatic heterocycles. The predicted octanol–water partition coefficient (Wildman–Crippen LogP) is 5.26. The lowest BCUT2D eigenvalue weighted by Gasteiger charge is -2.06. The maximum Gasteiger partial charge on any atom is 0.280 e. The van der Waals surface area contributed by atoms with E-state index in [4.69, 9.17) is 23.2 Å². The van der Waals surface area contributed by atoms with Gasteiger partial charge in [0.2, 0.25) is 0 Å². The molecule has 2 aromatic carbocycles. The number of aromatic amines is 1. The average Bonchev–Trinajstić information content (AvgIpc) is 2.52. The number of aromatic hydroxyl groups is 1. The smallest absolute Gasteiger partial charge is 0.280 e. The number of fused-ring (bicyclic) bond motifs is 1. The van der Waals surface area contributed by atoms with Crippen molar-refractivity contribution in [3.8, 4) is 5.75 Å². The van der Waals surface area contributed by atoms with E-state index in [1.165, 1.54) is 12.1 Å². The van der Waals surface area contributed by atoms with Crippen LogP contribution in [-0.4, -0.2) is 10.1 Å². The number of aryl methyl sites for hydroxylation is 1. The molecular formula is C16H11Cl2N3O2. The van der Waals surface area contributed by atoms with Crippen LogP contribution in [0.3, 0.4) is 0 Å². The second-order valence-electron chi connectivity index (χ2n) is 4.97. The Labute approximate surface area is 141 Å². The van der Waals surface area contributed by atoms with Crippen LogP contribution in [0.25, 0.3) is 10.9 Å². The van der Waals surface area contributed by atoms with E-state index in [1.54, 1.807) is 12.1 Å². The van der Waals surface area contributed by atoms with E-state index in [-0.39, 0.29) is 32.4 Å². The largest absolute Gasteiger partial charge is 0.505 e. The molecule has 116 valence electrons. The number of H-pyrrole nitrogens is 1. The van der Waals surface area contributed by atoms with Crippen LogP contribution in [0.2, 0.25) is 10.0 Å². The topological polar surface area (TPSA) is 77.8 Å². The maximum atomic E-state index is 12.1. The number of aromatic nitrogens is 1. The van der Waals surface area contributed by atoms with Gasteiger partial charge in [0.15, 0.2) is 11.4 Å². The molecule has 0 fully saturated rings. The number of pyridine rings is 1. The molecule has 0 atom stereocenters. The number of hydrogen-bond donors (Lipinski definition) is 2. The SMILES string of the molecule is Cc1ccc(N=Nc2c(O)c3c(Cl)ccc(Cl)c3[nH]c2=O)cc1. The Hall–Kier alpha value is -2.37. The molecule has 7 heteroatoms. The summed E-state index contributed by atoms with van der Waals surface area (Å²) >= 11 is 12.1. The van der Waals surface area contributed by atoms with Gasteiger partial charge in [0.25, 0.3) is 5.56 Å². The summed E-state index contributed by atoms with van der Waals surface area (Å²) in [6, 6.07) is 10.3. The quantitative estimate of drug-likeness (QED) is 0.619. The first-order valence-electron chi connectivity index (χ1n) is 6.68. The predicted molar refractivity (Wildman–Crippen MR) is 91.6 cm³/mol. The highest BCUT2D eigenvalue weighted by atomic mass is 35.5. The van der Waals surface area contributed by atoms with Crippen LogP contribution < -0.4 is 5.56 Å². The zero-order valence-corrected chi connectivity index (χ0v) is 13.5. The Balaban J connectivity index is 2.16. The van der Waals surface area contributed by atoms with Gasteiger partial charge in [-0.25, -0.2) is 0 Å². The molecule has 5 nitrogen and oxygen atoms in total. The van der Waals surface area contributed by atoms with E-state index in [2.05, 4.69) is 15.2 Å². The summed E-state index contributed by atoms with van der Waals surface area (Å²) in [4.78, 5) is 14.7. The number of azo groups is 1. The highest BCUT2D eigenvalue weighted by molar-refractivity contribution is 6.40. The van der Waals surface area contributed by atoms with Gasteiger partial charge in [-0.2, -0.15) is 5.11 Å². The third kappa shape index (κ3) is 2.93. The van der Waals surface area contributed by atoms with Crippen molar-refractivity contribution < 1.29 is 5.11 Å². The summed E-state index contributed by atoms with van der Waals surface area (Å²) in [7, 11) is 0. The van der Waals surface area contributed by atoms with Crippen molar-refractivity contribution in [1.82, 2.24) is 4.98 Å². The third-order valence-electron chi connectivity index (χ3n) is 3.32. The Morgan fingerprint density at radius 1 is 1.00 bits per heavy atom. The van der Waals surface area contributed by atoms with Crippen LogP contribution in [0.4, 0.5) is 11.4 Å². The summed E-state index contributed by atoms with van der Waals surface area (Å²) in [5.74, 6) is -0.355. The van der Waals surface area contributed by atoms with Gasteiger partial charge >= 0.3 is 0 Å². The number of hydrogen-bond acceptors (Lipinski definition) is 4. The molecule has 0 bridgehead atoms. The van der Waals surface area contributed by atoms with Crippen LogP contribution >= 0.6 is 23.2 Å². The number of nitrogens with one attached hydrogen (secondary N) is 1. The first-order chi connectivity index (χ1) is 11.0. The Morgan fingerprint density at radius 2 is 1.65 bits per heavy atom. The molecule has 2 N–H and O–H groups in total. The second kappa shape index (κ2) is 6.02. The number of nitrogens with zero attached hydrogens (tertiary/aromatic N) is 2. The number of benzene rings is 2. The molecule has 1 heterocycles. The molecule has 0 unspecified atom stereocenters. The molecule has 0 amide bonds. The van der Waals surface area contributed by atoms with Gasteiger partial charge in [-0.05, 0) is 31.2 Å². The highest BCUT2D eigenvalue weighted by Crippen LogP contribution is 2.38. The Bertz CT molecular complexity index is 979. The van der Waals surface area contributed by atoms with Crippen molar-refractivity contribution in [3.05, 3.63) is 62.4 Å². The van der Waals surface area contributed by atoms with Crippen molar-refractivity contribution >= 4 is 45.5 Å². The minimum absolute atomic E-state index is 0.220. The van der Waals surface area contributed by atoms with Gasteiger partial charge in [-0.15, -0.1) is 5.11 Å². The molecule has 3 rings (SSSR count). The van der Waals surface area contributed by atoms with Crippen molar-refractivity contribution in [3.63, 3.8) is 0 Å². The normalized spacial score (nSPS) is 11.4. The fourth-order valence-corrected chi connectivity index (χ4v) is 2.57. The lowest BCUT2D eigenvalue weighted by atomic mass is 10.2. The molecule has 3 aromatic rings. The fourth-order valence-electron chi connectivity index (χ4n) is 2.12. The molecule has 0 spiro atoms. The molecule has 0 aliphatic rings. The van der Waals surface area contributed by atoms with Crippen molar-refractivity contribution in [2.45, 2.75) is 6.92 Å². The molecule has 23 heavy (non-hydrogen) atoms. The molecule has 0 radical (unpaired) electrons. The number of halogens is 2. The van der Waals surface area contributed by atoms with E-state index >= 15 is 0 Å². The monoisotopic (exact) mass is 347 g/mol. The summed E-state index contributed by atoms with van der Waals surface area (Å²) < 4.78 is 0. The number of rotatable bonds is 2. The molecule has 1 aromatic heterocycles. The van der Waals surface area contributed by atoms with Crippen LogP contribution in [0, 0.1) is 6.92 Å². The fraction of sp³-hybridized carbons (Fsp3) is 0.0625. The molecule has 0 saturated heterocycles. The lowest BCUT2D eigenvalue weighted by Crippen LogP contribution is -2.05. The van der Waals surface area contributed by atoms with Gasteiger partial charge in [0.05, 0.1) is 26.6 Å². The third-order valence-corrected chi connectivity index (χ3v) is 3.95. The summed E-state index contributed by atoms with van der Waals surface area (Å²) in [6.45, 7) is 1.95. The van der Waals surface area contributed by atoms with Crippen LogP contribution in [-0.2, 0) is 0 Å². The summed E-state index contributed by atoms with van der Waals surface area (Å²) in [6.07, 6.45) is 0. The molecule has 0 aliphatic carbocycles. The molecule has 0 saturated carbocycles. The van der Waals surface area contributed by atoms with E-state index in [1.807, 2.05) is 19.1 Å². The molecular weight excluding hydrogens is 337 g/mol. The average molecular weight is 348 g/mol. The summed E-state index contributed by atoms with van der Waals surface area (Å²) in [5, 5.41) is 18.9. The van der Waals surface area contributed by atoms with E-state index < -0.39 is 5.56 Å². The van der Waals surface area contributed by atoms with Crippen LogP contribution in [0.15, 0.2) is 51.4 Å².